The second-order valence-electron chi connectivity index (χ2n) is 4.28. The van der Waals surface area contributed by atoms with Gasteiger partial charge in [0, 0.05) is 6.42 Å². The molecule has 0 bridgehead atoms. The molecule has 0 aromatic heterocycles. The van der Waals surface area contributed by atoms with E-state index in [9.17, 15) is 9.59 Å². The topological polar surface area (TPSA) is 75.6 Å². The Bertz CT molecular complexity index is 502. The van der Waals surface area contributed by atoms with E-state index >= 15 is 0 Å². The smallest absolute Gasteiger partial charge is 0.327 e. The molecule has 0 aliphatic rings. The Morgan fingerprint density at radius 3 is 2.60 bits per heavy atom. The van der Waals surface area contributed by atoms with Gasteiger partial charge in [-0.3, -0.25) is 4.79 Å². The summed E-state index contributed by atoms with van der Waals surface area (Å²) in [6.45, 7) is 2.14. The average molecular weight is 275 g/mol. The molecule has 1 aromatic rings. The summed E-state index contributed by atoms with van der Waals surface area (Å²) in [4.78, 5) is 22.4. The molecule has 1 atom stereocenters. The summed E-state index contributed by atoms with van der Waals surface area (Å²) in [6, 6.07) is 6.38. The lowest BCUT2D eigenvalue weighted by Crippen LogP contribution is -2.40. The number of carbonyl (C=O) groups excluding carboxylic acids is 1. The number of carbonyl (C=O) groups is 2. The fraction of sp³-hybridized carbons (Fsp3) is 0.333. The van der Waals surface area contributed by atoms with Gasteiger partial charge >= 0.3 is 5.97 Å². The highest BCUT2D eigenvalue weighted by molar-refractivity contribution is 5.83. The molecule has 1 unspecified atom stereocenters. The molecule has 0 saturated heterocycles. The minimum atomic E-state index is -1.14. The zero-order valence-electron chi connectivity index (χ0n) is 11.3. The zero-order chi connectivity index (χ0) is 15.0. The number of carboxylic acid groups (broad SMARTS) is 1. The monoisotopic (exact) mass is 275 g/mol. The van der Waals surface area contributed by atoms with Crippen LogP contribution in [-0.2, 0) is 9.59 Å². The molecule has 1 aromatic carbocycles. The fourth-order valence-corrected chi connectivity index (χ4v) is 1.48. The van der Waals surface area contributed by atoms with Gasteiger partial charge in [0.05, 0.1) is 13.0 Å². The summed E-state index contributed by atoms with van der Waals surface area (Å²) >= 11 is 0. The lowest BCUT2D eigenvalue weighted by atomic mass is 10.2. The standard InChI is InChI=1S/C15H17NO4/c1-3-4-13(15(18)19)16-14(17)9-10-20-12-7-5-11(2)6-8-12/h1,5-8,13H,4,9-10H2,2H3,(H,16,17)(H,18,19). The molecule has 0 aliphatic heterocycles. The summed E-state index contributed by atoms with van der Waals surface area (Å²) in [7, 11) is 0. The molecule has 0 saturated carbocycles. The number of hydrogen-bond acceptors (Lipinski definition) is 3. The van der Waals surface area contributed by atoms with E-state index in [0.29, 0.717) is 5.75 Å². The maximum atomic E-state index is 11.6. The van der Waals surface area contributed by atoms with Crippen LogP contribution in [0.1, 0.15) is 18.4 Å². The Morgan fingerprint density at radius 1 is 1.40 bits per heavy atom. The molecule has 1 amide bonds. The van der Waals surface area contributed by atoms with E-state index in [-0.39, 0.29) is 19.4 Å². The Kier molecular flexibility index (Phi) is 6.11. The maximum absolute atomic E-state index is 11.6. The van der Waals surface area contributed by atoms with Crippen LogP contribution in [0.25, 0.3) is 0 Å². The van der Waals surface area contributed by atoms with Gasteiger partial charge in [-0.05, 0) is 19.1 Å². The van der Waals surface area contributed by atoms with Crippen molar-refractivity contribution >= 4 is 11.9 Å². The van der Waals surface area contributed by atoms with Crippen molar-refractivity contribution in [2.24, 2.45) is 0 Å². The van der Waals surface area contributed by atoms with Crippen molar-refractivity contribution in [2.75, 3.05) is 6.61 Å². The van der Waals surface area contributed by atoms with E-state index in [1.165, 1.54) is 0 Å². The fourth-order valence-electron chi connectivity index (χ4n) is 1.48. The largest absolute Gasteiger partial charge is 0.493 e. The molecule has 2 N–H and O–H groups in total. The molecular formula is C15H17NO4. The molecule has 0 radical (unpaired) electrons. The van der Waals surface area contributed by atoms with Gasteiger partial charge in [0.2, 0.25) is 5.91 Å². The van der Waals surface area contributed by atoms with Crippen molar-refractivity contribution in [1.29, 1.82) is 0 Å². The third kappa shape index (κ3) is 5.44. The molecule has 5 heteroatoms. The van der Waals surface area contributed by atoms with Crippen LogP contribution in [0.5, 0.6) is 5.75 Å². The van der Waals surface area contributed by atoms with Crippen LogP contribution in [-0.4, -0.2) is 29.6 Å². The maximum Gasteiger partial charge on any atom is 0.327 e. The number of rotatable bonds is 7. The van der Waals surface area contributed by atoms with E-state index in [1.54, 1.807) is 0 Å². The minimum absolute atomic E-state index is 0.0418. The number of aryl methyl sites for hydroxylation is 1. The first kappa shape index (κ1) is 15.6. The second kappa shape index (κ2) is 7.85. The van der Waals surface area contributed by atoms with Gasteiger partial charge < -0.3 is 15.2 Å². The van der Waals surface area contributed by atoms with Gasteiger partial charge in [0.25, 0.3) is 0 Å². The number of benzene rings is 1. The first-order chi connectivity index (χ1) is 9.52. The lowest BCUT2D eigenvalue weighted by molar-refractivity contribution is -0.141. The van der Waals surface area contributed by atoms with Gasteiger partial charge in [-0.1, -0.05) is 17.7 Å². The number of nitrogens with one attached hydrogen (secondary N) is 1. The van der Waals surface area contributed by atoms with Gasteiger partial charge in [-0.25, -0.2) is 4.79 Å². The van der Waals surface area contributed by atoms with E-state index < -0.39 is 17.9 Å². The van der Waals surface area contributed by atoms with Gasteiger partial charge in [-0.2, -0.15) is 0 Å². The molecule has 5 nitrogen and oxygen atoms in total. The SMILES string of the molecule is C#CCC(NC(=O)CCOc1ccc(C)cc1)C(=O)O. The second-order valence-corrected chi connectivity index (χ2v) is 4.28. The highest BCUT2D eigenvalue weighted by Gasteiger charge is 2.18. The predicted octanol–water partition coefficient (Wildman–Crippen LogP) is 1.36. The summed E-state index contributed by atoms with van der Waals surface area (Å²) in [5.41, 5.74) is 1.12. The van der Waals surface area contributed by atoms with Crippen LogP contribution >= 0.6 is 0 Å². The van der Waals surface area contributed by atoms with Crippen molar-refractivity contribution in [3.63, 3.8) is 0 Å². The summed E-state index contributed by atoms with van der Waals surface area (Å²) in [5, 5.41) is 11.2. The molecule has 0 spiro atoms. The Balaban J connectivity index is 2.34. The lowest BCUT2D eigenvalue weighted by Gasteiger charge is -2.12. The summed E-state index contributed by atoms with van der Waals surface area (Å²) in [5.74, 6) is 1.34. The molecule has 106 valence electrons. The van der Waals surface area contributed by atoms with E-state index in [2.05, 4.69) is 11.2 Å². The molecule has 1 rings (SSSR count). The van der Waals surface area contributed by atoms with Crippen LogP contribution in [0.15, 0.2) is 24.3 Å². The van der Waals surface area contributed by atoms with Crippen LogP contribution in [0.3, 0.4) is 0 Å². The third-order valence-electron chi connectivity index (χ3n) is 2.57. The zero-order valence-corrected chi connectivity index (χ0v) is 11.3. The first-order valence-corrected chi connectivity index (χ1v) is 6.18. The number of amides is 1. The van der Waals surface area contributed by atoms with Crippen LogP contribution in [0.4, 0.5) is 0 Å². The van der Waals surface area contributed by atoms with Crippen molar-refractivity contribution in [2.45, 2.75) is 25.8 Å². The normalized spacial score (nSPS) is 11.2. The van der Waals surface area contributed by atoms with Crippen molar-refractivity contribution in [3.8, 4) is 18.1 Å². The Morgan fingerprint density at radius 2 is 2.05 bits per heavy atom. The molecule has 0 heterocycles. The molecule has 0 fully saturated rings. The number of hydrogen-bond donors (Lipinski definition) is 2. The van der Waals surface area contributed by atoms with Gasteiger partial charge in [-0.15, -0.1) is 12.3 Å². The first-order valence-electron chi connectivity index (χ1n) is 6.18. The van der Waals surface area contributed by atoms with E-state index in [0.717, 1.165) is 5.56 Å². The predicted molar refractivity (Wildman–Crippen MR) is 74.3 cm³/mol. The van der Waals surface area contributed by atoms with Crippen molar-refractivity contribution in [3.05, 3.63) is 29.8 Å². The molecule has 0 aliphatic carbocycles. The van der Waals surface area contributed by atoms with Gasteiger partial charge in [0.15, 0.2) is 0 Å². The van der Waals surface area contributed by atoms with E-state index in [1.807, 2.05) is 31.2 Å². The average Bonchev–Trinajstić information content (AvgIpc) is 2.40. The number of aliphatic carboxylic acids is 1. The Labute approximate surface area is 117 Å². The molecule has 20 heavy (non-hydrogen) atoms. The van der Waals surface area contributed by atoms with Crippen LogP contribution in [0, 0.1) is 19.3 Å². The molecular weight excluding hydrogens is 258 g/mol. The third-order valence-corrected chi connectivity index (χ3v) is 2.57. The van der Waals surface area contributed by atoms with Gasteiger partial charge in [0.1, 0.15) is 11.8 Å². The highest BCUT2D eigenvalue weighted by Crippen LogP contribution is 2.11. The summed E-state index contributed by atoms with van der Waals surface area (Å²) in [6.07, 6.45) is 5.07. The van der Waals surface area contributed by atoms with Crippen molar-refractivity contribution in [1.82, 2.24) is 5.32 Å². The van der Waals surface area contributed by atoms with E-state index in [4.69, 9.17) is 16.3 Å². The summed E-state index contributed by atoms with van der Waals surface area (Å²) < 4.78 is 5.39. The number of ether oxygens (including phenoxy) is 1. The van der Waals surface area contributed by atoms with Crippen LogP contribution in [0.2, 0.25) is 0 Å². The number of terminal acetylenes is 1. The Hall–Kier alpha value is -2.48. The van der Waals surface area contributed by atoms with Crippen LogP contribution < -0.4 is 10.1 Å². The van der Waals surface area contributed by atoms with Crippen molar-refractivity contribution < 1.29 is 19.4 Å². The highest BCUT2D eigenvalue weighted by atomic mass is 16.5. The number of carboxylic acids is 1. The minimum Gasteiger partial charge on any atom is -0.493 e. The quantitative estimate of drug-likeness (QED) is 0.737.